The van der Waals surface area contributed by atoms with E-state index in [9.17, 15) is 0 Å². The summed E-state index contributed by atoms with van der Waals surface area (Å²) in [6, 6.07) is 14.8. The van der Waals surface area contributed by atoms with Crippen LogP contribution in [0, 0.1) is 5.92 Å². The van der Waals surface area contributed by atoms with E-state index in [1.807, 2.05) is 12.1 Å². The lowest BCUT2D eigenvalue weighted by Gasteiger charge is -2.18. The lowest BCUT2D eigenvalue weighted by atomic mass is 9.96. The van der Waals surface area contributed by atoms with Gasteiger partial charge >= 0.3 is 0 Å². The highest BCUT2D eigenvalue weighted by Crippen LogP contribution is 2.37. The first-order valence-electron chi connectivity index (χ1n) is 7.26. The third-order valence-corrected chi connectivity index (χ3v) is 5.39. The third kappa shape index (κ3) is 2.37. The van der Waals surface area contributed by atoms with Crippen molar-refractivity contribution in [2.24, 2.45) is 5.92 Å². The molecule has 0 saturated heterocycles. The van der Waals surface area contributed by atoms with Gasteiger partial charge in [0, 0.05) is 15.6 Å². The number of hydrogen-bond acceptors (Lipinski definition) is 1. The summed E-state index contributed by atoms with van der Waals surface area (Å²) in [4.78, 5) is 0.403. The summed E-state index contributed by atoms with van der Waals surface area (Å²) in [6.45, 7) is 4.55. The normalized spacial score (nSPS) is 14.8. The van der Waals surface area contributed by atoms with E-state index >= 15 is 0 Å². The maximum Gasteiger partial charge on any atom is 0.135 e. The van der Waals surface area contributed by atoms with Crippen molar-refractivity contribution < 1.29 is 4.42 Å². The largest absolute Gasteiger partial charge is 0.456 e. The Labute approximate surface area is 128 Å². The fourth-order valence-electron chi connectivity index (χ4n) is 2.85. The van der Waals surface area contributed by atoms with Gasteiger partial charge in [-0.1, -0.05) is 60.5 Å². The van der Waals surface area contributed by atoms with Crippen LogP contribution in [0.2, 0.25) is 0 Å². The number of alkyl halides is 1. The molecule has 0 N–H and O–H groups in total. The van der Waals surface area contributed by atoms with Gasteiger partial charge in [-0.2, -0.15) is 0 Å². The monoisotopic (exact) mass is 330 g/mol. The van der Waals surface area contributed by atoms with Crippen LogP contribution in [0.5, 0.6) is 0 Å². The molecule has 104 valence electrons. The molecule has 0 aliphatic rings. The molecule has 0 aliphatic carbocycles. The zero-order chi connectivity index (χ0) is 14.1. The van der Waals surface area contributed by atoms with E-state index in [-0.39, 0.29) is 0 Å². The number of rotatable bonds is 4. The summed E-state index contributed by atoms with van der Waals surface area (Å²) in [5.41, 5.74) is 3.27. The Morgan fingerprint density at radius 2 is 1.80 bits per heavy atom. The van der Waals surface area contributed by atoms with Crippen LogP contribution in [-0.2, 0) is 0 Å². The van der Waals surface area contributed by atoms with E-state index < -0.39 is 0 Å². The molecule has 20 heavy (non-hydrogen) atoms. The van der Waals surface area contributed by atoms with Gasteiger partial charge in [0.05, 0.1) is 0 Å². The molecular weight excluding hydrogens is 312 g/mol. The molecule has 2 aromatic carbocycles. The minimum absolute atomic E-state index is 0.403. The van der Waals surface area contributed by atoms with Crippen LogP contribution in [0.25, 0.3) is 21.9 Å². The Hall–Kier alpha value is -1.28. The zero-order valence-corrected chi connectivity index (χ0v) is 13.5. The van der Waals surface area contributed by atoms with Gasteiger partial charge in [0.25, 0.3) is 0 Å². The fourth-order valence-corrected chi connectivity index (χ4v) is 3.39. The third-order valence-electron chi connectivity index (χ3n) is 3.96. The molecule has 0 fully saturated rings. The van der Waals surface area contributed by atoms with Gasteiger partial charge in [0.15, 0.2) is 0 Å². The summed E-state index contributed by atoms with van der Waals surface area (Å²) >= 11 is 3.86. The topological polar surface area (TPSA) is 13.1 Å². The average molecular weight is 331 g/mol. The second kappa shape index (κ2) is 5.61. The van der Waals surface area contributed by atoms with Gasteiger partial charge in [0.1, 0.15) is 11.2 Å². The van der Waals surface area contributed by atoms with Gasteiger partial charge in [-0.3, -0.25) is 0 Å². The molecule has 0 amide bonds. The molecule has 0 spiro atoms. The predicted molar refractivity (Wildman–Crippen MR) is 89.5 cm³/mol. The molecule has 2 atom stereocenters. The van der Waals surface area contributed by atoms with Gasteiger partial charge in [-0.25, -0.2) is 0 Å². The van der Waals surface area contributed by atoms with Crippen LogP contribution in [0.4, 0.5) is 0 Å². The Balaban J connectivity index is 2.07. The smallest absolute Gasteiger partial charge is 0.135 e. The molecule has 0 bridgehead atoms. The molecular formula is C18H19BrO. The highest BCUT2D eigenvalue weighted by Gasteiger charge is 2.17. The van der Waals surface area contributed by atoms with E-state index in [1.165, 1.54) is 29.2 Å². The second-order valence-electron chi connectivity index (χ2n) is 5.52. The van der Waals surface area contributed by atoms with E-state index in [0.29, 0.717) is 10.7 Å². The maximum absolute atomic E-state index is 5.88. The Morgan fingerprint density at radius 3 is 2.60 bits per heavy atom. The Bertz CT molecular complexity index is 728. The van der Waals surface area contributed by atoms with Crippen LogP contribution >= 0.6 is 15.9 Å². The van der Waals surface area contributed by atoms with Crippen molar-refractivity contribution in [3.63, 3.8) is 0 Å². The molecule has 3 aromatic rings. The summed E-state index contributed by atoms with van der Waals surface area (Å²) in [7, 11) is 0. The van der Waals surface area contributed by atoms with Crippen molar-refractivity contribution >= 4 is 37.9 Å². The fraction of sp³-hybridized carbons (Fsp3) is 0.333. The predicted octanol–water partition coefficient (Wildman–Crippen LogP) is 6.46. The van der Waals surface area contributed by atoms with Gasteiger partial charge in [0.2, 0.25) is 0 Å². The van der Waals surface area contributed by atoms with Crippen LogP contribution in [0.15, 0.2) is 46.9 Å². The molecule has 2 unspecified atom stereocenters. The van der Waals surface area contributed by atoms with E-state index in [0.717, 1.165) is 11.2 Å². The summed E-state index contributed by atoms with van der Waals surface area (Å²) in [6.07, 6.45) is 2.46. The molecule has 3 rings (SSSR count). The van der Waals surface area contributed by atoms with E-state index in [1.54, 1.807) is 0 Å². The SMILES string of the molecule is CCCC(C)C(Br)c1ccc2oc3ccccc3c2c1. The Morgan fingerprint density at radius 1 is 1.05 bits per heavy atom. The molecule has 0 radical (unpaired) electrons. The molecule has 1 heterocycles. The minimum Gasteiger partial charge on any atom is -0.456 e. The number of fused-ring (bicyclic) bond motifs is 3. The van der Waals surface area contributed by atoms with Gasteiger partial charge < -0.3 is 4.42 Å². The summed E-state index contributed by atoms with van der Waals surface area (Å²) in [5.74, 6) is 0.635. The molecule has 1 aromatic heterocycles. The van der Waals surface area contributed by atoms with Crippen LogP contribution in [0.1, 0.15) is 37.1 Å². The first-order chi connectivity index (χ1) is 9.70. The minimum atomic E-state index is 0.403. The molecule has 0 saturated carbocycles. The van der Waals surface area contributed by atoms with Crippen LogP contribution < -0.4 is 0 Å². The highest BCUT2D eigenvalue weighted by molar-refractivity contribution is 9.09. The van der Waals surface area contributed by atoms with Crippen molar-refractivity contribution in [3.05, 3.63) is 48.0 Å². The molecule has 2 heteroatoms. The summed E-state index contributed by atoms with van der Waals surface area (Å²) < 4.78 is 5.88. The number of para-hydroxylation sites is 1. The lowest BCUT2D eigenvalue weighted by Crippen LogP contribution is -2.02. The van der Waals surface area contributed by atoms with Crippen molar-refractivity contribution in [3.8, 4) is 0 Å². The quantitative estimate of drug-likeness (QED) is 0.500. The van der Waals surface area contributed by atoms with Crippen molar-refractivity contribution in [2.45, 2.75) is 31.5 Å². The molecule has 0 aliphatic heterocycles. The van der Waals surface area contributed by atoms with Gasteiger partial charge in [-0.15, -0.1) is 0 Å². The van der Waals surface area contributed by atoms with Crippen LogP contribution in [-0.4, -0.2) is 0 Å². The van der Waals surface area contributed by atoms with E-state index in [4.69, 9.17) is 4.42 Å². The van der Waals surface area contributed by atoms with Crippen molar-refractivity contribution in [2.75, 3.05) is 0 Å². The first-order valence-corrected chi connectivity index (χ1v) is 8.17. The summed E-state index contributed by atoms with van der Waals surface area (Å²) in [5, 5.41) is 2.42. The number of furan rings is 1. The lowest BCUT2D eigenvalue weighted by molar-refractivity contribution is 0.519. The van der Waals surface area contributed by atoms with E-state index in [2.05, 4.69) is 60.1 Å². The average Bonchev–Trinajstić information content (AvgIpc) is 2.84. The Kier molecular flexibility index (Phi) is 3.84. The first kappa shape index (κ1) is 13.7. The number of hydrogen-bond donors (Lipinski definition) is 0. The van der Waals surface area contributed by atoms with Gasteiger partial charge in [-0.05, 0) is 36.1 Å². The standard InChI is InChI=1S/C18H19BrO/c1-3-6-12(2)18(19)13-9-10-17-15(11-13)14-7-4-5-8-16(14)20-17/h4-5,7-12,18H,3,6H2,1-2H3. The zero-order valence-electron chi connectivity index (χ0n) is 11.9. The van der Waals surface area contributed by atoms with Crippen LogP contribution in [0.3, 0.4) is 0 Å². The number of benzene rings is 2. The molecule has 1 nitrogen and oxygen atoms in total. The maximum atomic E-state index is 5.88. The number of halogens is 1. The van der Waals surface area contributed by atoms with Crippen molar-refractivity contribution in [1.82, 2.24) is 0 Å². The second-order valence-corrected chi connectivity index (χ2v) is 6.51. The highest BCUT2D eigenvalue weighted by atomic mass is 79.9. The van der Waals surface area contributed by atoms with Crippen molar-refractivity contribution in [1.29, 1.82) is 0 Å².